The van der Waals surface area contributed by atoms with Gasteiger partial charge >= 0.3 is 0 Å². The van der Waals surface area contributed by atoms with Gasteiger partial charge in [0.15, 0.2) is 0 Å². The normalized spacial score (nSPS) is 32.2. The number of fused-ring (bicyclic) bond motifs is 1. The first-order valence-corrected chi connectivity index (χ1v) is 6.92. The molecule has 1 aromatic heterocycles. The number of carbonyl (C=O) groups excluding carboxylic acids is 1. The molecule has 0 saturated heterocycles. The van der Waals surface area contributed by atoms with E-state index in [1.165, 1.54) is 5.69 Å². The minimum absolute atomic E-state index is 0.413. The summed E-state index contributed by atoms with van der Waals surface area (Å²) < 4.78 is 3.20. The highest BCUT2D eigenvalue weighted by molar-refractivity contribution is 14.1. The van der Waals surface area contributed by atoms with Crippen molar-refractivity contribution in [3.8, 4) is 0 Å². The van der Waals surface area contributed by atoms with Crippen molar-refractivity contribution in [3.63, 3.8) is 0 Å². The Morgan fingerprint density at radius 2 is 2.06 bits per heavy atom. The Kier molecular flexibility index (Phi) is 2.38. The third kappa shape index (κ3) is 1.53. The Morgan fingerprint density at radius 1 is 1.44 bits per heavy atom. The molecule has 0 aromatic carbocycles. The van der Waals surface area contributed by atoms with Crippen LogP contribution in [0.15, 0.2) is 6.07 Å². The van der Waals surface area contributed by atoms with E-state index >= 15 is 0 Å². The van der Waals surface area contributed by atoms with Gasteiger partial charge in [0.05, 0.1) is 0 Å². The smallest absolute Gasteiger partial charge is 0.133 e. The molecule has 86 valence electrons. The average molecular weight is 330 g/mol. The van der Waals surface area contributed by atoms with Crippen LogP contribution in [0.1, 0.15) is 44.3 Å². The van der Waals surface area contributed by atoms with Gasteiger partial charge in [-0.2, -0.15) is 5.10 Å². The van der Waals surface area contributed by atoms with Crippen molar-refractivity contribution in [1.82, 2.24) is 9.78 Å². The van der Waals surface area contributed by atoms with Gasteiger partial charge < -0.3 is 0 Å². The maximum atomic E-state index is 11.3. The first-order valence-electron chi connectivity index (χ1n) is 5.84. The van der Waals surface area contributed by atoms with Crippen LogP contribution < -0.4 is 0 Å². The molecular formula is C12H15IN2O. The third-order valence-electron chi connectivity index (χ3n) is 3.82. The molecule has 0 bridgehead atoms. The van der Waals surface area contributed by atoms with Crippen LogP contribution >= 0.6 is 22.6 Å². The maximum absolute atomic E-state index is 11.3. The number of carbonyl (C=O) groups is 1. The van der Waals surface area contributed by atoms with Crippen molar-refractivity contribution in [2.45, 2.75) is 38.6 Å². The van der Waals surface area contributed by atoms with Crippen LogP contribution in [0.25, 0.3) is 0 Å². The van der Waals surface area contributed by atoms with Crippen LogP contribution in [-0.2, 0) is 4.79 Å². The highest BCUT2D eigenvalue weighted by Crippen LogP contribution is 2.62. The van der Waals surface area contributed by atoms with Crippen LogP contribution in [-0.4, -0.2) is 15.6 Å². The zero-order valence-electron chi connectivity index (χ0n) is 9.48. The van der Waals surface area contributed by atoms with E-state index in [1.54, 1.807) is 0 Å². The molecule has 0 unspecified atom stereocenters. The molecule has 4 heteroatoms. The first-order chi connectivity index (χ1) is 7.58. The highest BCUT2D eigenvalue weighted by atomic mass is 127. The molecule has 0 amide bonds. The number of hydrogen-bond donors (Lipinski definition) is 0. The lowest BCUT2D eigenvalue weighted by molar-refractivity contribution is -0.118. The molecule has 0 N–H and O–H groups in total. The zero-order chi connectivity index (χ0) is 11.4. The van der Waals surface area contributed by atoms with Crippen molar-refractivity contribution in [2.24, 2.45) is 11.8 Å². The fourth-order valence-corrected chi connectivity index (χ4v) is 3.64. The Hall–Kier alpha value is -0.390. The summed E-state index contributed by atoms with van der Waals surface area (Å²) >= 11 is 2.27. The molecule has 2 aliphatic carbocycles. The van der Waals surface area contributed by atoms with E-state index < -0.39 is 0 Å². The number of ketones is 1. The van der Waals surface area contributed by atoms with Crippen LogP contribution in [0.3, 0.4) is 0 Å². The topological polar surface area (TPSA) is 34.9 Å². The van der Waals surface area contributed by atoms with Crippen LogP contribution in [0.5, 0.6) is 0 Å². The number of nitrogens with zero attached hydrogens (tertiary/aromatic N) is 2. The number of aromatic nitrogens is 2. The van der Waals surface area contributed by atoms with Gasteiger partial charge in [0.1, 0.15) is 9.48 Å². The first kappa shape index (κ1) is 10.7. The summed E-state index contributed by atoms with van der Waals surface area (Å²) in [6, 6.07) is 2.60. The van der Waals surface area contributed by atoms with Crippen LogP contribution in [0.2, 0.25) is 0 Å². The lowest BCUT2D eigenvalue weighted by atomic mass is 10.1. The van der Waals surface area contributed by atoms with Crippen LogP contribution in [0.4, 0.5) is 0 Å². The molecule has 1 aromatic rings. The van der Waals surface area contributed by atoms with E-state index in [-0.39, 0.29) is 0 Å². The summed E-state index contributed by atoms with van der Waals surface area (Å²) in [5.74, 6) is 2.31. The van der Waals surface area contributed by atoms with E-state index in [9.17, 15) is 4.79 Å². The van der Waals surface area contributed by atoms with Gasteiger partial charge in [-0.25, -0.2) is 0 Å². The van der Waals surface area contributed by atoms with Gasteiger partial charge in [-0.05, 0) is 54.3 Å². The van der Waals surface area contributed by atoms with Crippen molar-refractivity contribution < 1.29 is 4.79 Å². The van der Waals surface area contributed by atoms with Crippen molar-refractivity contribution in [2.75, 3.05) is 0 Å². The quantitative estimate of drug-likeness (QED) is 0.782. The number of halogens is 1. The molecule has 3 rings (SSSR count). The Labute approximate surface area is 109 Å². The molecule has 2 fully saturated rings. The Balaban J connectivity index is 1.89. The molecular weight excluding hydrogens is 315 g/mol. The van der Waals surface area contributed by atoms with Gasteiger partial charge in [-0.3, -0.25) is 9.48 Å². The van der Waals surface area contributed by atoms with E-state index in [2.05, 4.69) is 52.3 Å². The average Bonchev–Trinajstić information content (AvgIpc) is 2.60. The Morgan fingerprint density at radius 3 is 2.62 bits per heavy atom. The highest BCUT2D eigenvalue weighted by Gasteiger charge is 2.57. The fourth-order valence-electron chi connectivity index (χ4n) is 3.09. The second-order valence-electron chi connectivity index (χ2n) is 5.23. The summed E-state index contributed by atoms with van der Waals surface area (Å²) in [6.07, 6.45) is 1.60. The van der Waals surface area contributed by atoms with Crippen molar-refractivity contribution >= 4 is 28.4 Å². The second kappa shape index (κ2) is 3.55. The van der Waals surface area contributed by atoms with Crippen molar-refractivity contribution in [1.29, 1.82) is 0 Å². The maximum Gasteiger partial charge on any atom is 0.133 e. The van der Waals surface area contributed by atoms with Gasteiger partial charge in [0.25, 0.3) is 0 Å². The van der Waals surface area contributed by atoms with Gasteiger partial charge in [0, 0.05) is 30.5 Å². The predicted octanol–water partition coefficient (Wildman–Crippen LogP) is 2.76. The molecule has 2 atom stereocenters. The molecule has 3 nitrogen and oxygen atoms in total. The molecule has 0 spiro atoms. The van der Waals surface area contributed by atoms with Gasteiger partial charge in [-0.15, -0.1) is 0 Å². The fraction of sp³-hybridized carbons (Fsp3) is 0.667. The SMILES string of the molecule is CC(C)n1nc(I)cc1C1[C@@H]2CC(=O)C[C@@H]12. The second-order valence-corrected chi connectivity index (χ2v) is 6.34. The predicted molar refractivity (Wildman–Crippen MR) is 69.3 cm³/mol. The molecule has 0 radical (unpaired) electrons. The summed E-state index contributed by atoms with van der Waals surface area (Å²) in [6.45, 7) is 4.33. The van der Waals surface area contributed by atoms with E-state index in [1.807, 2.05) is 0 Å². The third-order valence-corrected chi connectivity index (χ3v) is 4.35. The molecule has 2 aliphatic rings. The molecule has 1 heterocycles. The van der Waals surface area contributed by atoms with Gasteiger partial charge in [-0.1, -0.05) is 0 Å². The van der Waals surface area contributed by atoms with E-state index in [0.717, 1.165) is 16.5 Å². The zero-order valence-corrected chi connectivity index (χ0v) is 11.6. The number of hydrogen-bond acceptors (Lipinski definition) is 2. The lowest BCUT2D eigenvalue weighted by Crippen LogP contribution is -2.09. The minimum atomic E-state index is 0.413. The molecule has 0 aliphatic heterocycles. The number of rotatable bonds is 2. The lowest BCUT2D eigenvalue weighted by Gasteiger charge is -2.11. The van der Waals surface area contributed by atoms with E-state index in [4.69, 9.17) is 0 Å². The molecule has 16 heavy (non-hydrogen) atoms. The van der Waals surface area contributed by atoms with Crippen molar-refractivity contribution in [3.05, 3.63) is 15.5 Å². The van der Waals surface area contributed by atoms with Crippen LogP contribution in [0, 0.1) is 15.5 Å². The standard InChI is InChI=1S/C12H15IN2O/c1-6(2)15-10(5-11(13)14-15)12-8-3-7(16)4-9(8)12/h5-6,8-9,12H,3-4H2,1-2H3/t8-,9-/m1/s1. The number of Topliss-reactive ketones (excluding diaryl/α,β-unsaturated/α-hetero) is 1. The molecule has 2 saturated carbocycles. The summed E-state index contributed by atoms with van der Waals surface area (Å²) in [4.78, 5) is 11.3. The summed E-state index contributed by atoms with van der Waals surface area (Å²) in [5.41, 5.74) is 1.35. The minimum Gasteiger partial charge on any atom is -0.300 e. The Bertz CT molecular complexity index is 438. The van der Waals surface area contributed by atoms with E-state index in [0.29, 0.717) is 29.6 Å². The largest absolute Gasteiger partial charge is 0.300 e. The summed E-state index contributed by atoms with van der Waals surface area (Å²) in [5, 5.41) is 4.54. The van der Waals surface area contributed by atoms with Gasteiger partial charge in [0.2, 0.25) is 0 Å². The summed E-state index contributed by atoms with van der Waals surface area (Å²) in [7, 11) is 0. The monoisotopic (exact) mass is 330 g/mol.